The number of hydrogen-bond donors (Lipinski definition) is 0. The third-order valence-corrected chi connectivity index (χ3v) is 2.32. The Kier molecular flexibility index (Phi) is 3.77. The molecule has 0 bridgehead atoms. The molecule has 0 saturated heterocycles. The zero-order chi connectivity index (χ0) is 12.3. The molecule has 0 fully saturated rings. The summed E-state index contributed by atoms with van der Waals surface area (Å²) in [4.78, 5) is 15.2. The van der Waals surface area contributed by atoms with E-state index in [-0.39, 0.29) is 11.4 Å². The van der Waals surface area contributed by atoms with Crippen molar-refractivity contribution in [2.45, 2.75) is 20.8 Å². The van der Waals surface area contributed by atoms with Gasteiger partial charge in [-0.15, -0.1) is 0 Å². The van der Waals surface area contributed by atoms with Crippen molar-refractivity contribution in [2.75, 3.05) is 0 Å². The normalized spacial score (nSPS) is 9.81. The number of halogens is 1. The monoisotopic (exact) mass is 222 g/mol. The molecule has 0 spiro atoms. The zero-order valence-electron chi connectivity index (χ0n) is 9.91. The topological polar surface area (TPSA) is 34.9 Å². The van der Waals surface area contributed by atoms with Crippen LogP contribution in [0, 0.1) is 12.7 Å². The summed E-state index contributed by atoms with van der Waals surface area (Å²) in [6, 6.07) is 2.92. The fraction of sp³-hybridized carbons (Fsp3) is 0.333. The van der Waals surface area contributed by atoms with Gasteiger partial charge in [0.2, 0.25) is 0 Å². The highest BCUT2D eigenvalue weighted by molar-refractivity contribution is 5.78. The van der Waals surface area contributed by atoms with Gasteiger partial charge in [0.25, 0.3) is 5.56 Å². The Morgan fingerprint density at radius 2 is 1.94 bits per heavy atom. The van der Waals surface area contributed by atoms with Crippen LogP contribution in [0.3, 0.4) is 0 Å². The molecule has 0 aliphatic heterocycles. The summed E-state index contributed by atoms with van der Waals surface area (Å²) in [5.74, 6) is -0.319. The van der Waals surface area contributed by atoms with Gasteiger partial charge in [0.05, 0.1) is 17.2 Å². The van der Waals surface area contributed by atoms with Gasteiger partial charge in [0, 0.05) is 12.6 Å². The molecular weight excluding hydrogens is 207 g/mol. The van der Waals surface area contributed by atoms with Crippen LogP contribution in [0.25, 0.3) is 11.0 Å². The van der Waals surface area contributed by atoms with Crippen molar-refractivity contribution in [1.82, 2.24) is 9.55 Å². The molecule has 0 amide bonds. The number of fused-ring (bicyclic) bond motifs is 1. The predicted octanol–water partition coefficient (Wildman–Crippen LogP) is 2.41. The molecule has 2 rings (SSSR count). The van der Waals surface area contributed by atoms with Crippen LogP contribution >= 0.6 is 0 Å². The standard InChI is InChI=1S/C10H9FN2O.C2H6/c1-6-7(11)3-4-8-10(6)13(2)9(14)5-12-8;1-2/h3-5H,1-2H3;1-2H3. The summed E-state index contributed by atoms with van der Waals surface area (Å²) in [6.07, 6.45) is 1.24. The number of aryl methyl sites for hydroxylation is 2. The second-order valence-corrected chi connectivity index (χ2v) is 3.20. The summed E-state index contributed by atoms with van der Waals surface area (Å²) < 4.78 is 14.6. The Balaban J connectivity index is 0.000000606. The summed E-state index contributed by atoms with van der Waals surface area (Å²) in [7, 11) is 1.61. The Labute approximate surface area is 93.6 Å². The molecule has 3 nitrogen and oxygen atoms in total. The van der Waals surface area contributed by atoms with Crippen molar-refractivity contribution in [3.8, 4) is 0 Å². The number of aromatic nitrogens is 2. The molecule has 1 heterocycles. The number of hydrogen-bond acceptors (Lipinski definition) is 2. The molecule has 0 saturated carbocycles. The summed E-state index contributed by atoms with van der Waals surface area (Å²) in [6.45, 7) is 5.64. The molecule has 0 aliphatic carbocycles. The van der Waals surface area contributed by atoms with E-state index in [1.54, 1.807) is 20.0 Å². The zero-order valence-corrected chi connectivity index (χ0v) is 9.91. The van der Waals surface area contributed by atoms with Gasteiger partial charge in [-0.1, -0.05) is 13.8 Å². The van der Waals surface area contributed by atoms with Gasteiger partial charge in [0.15, 0.2) is 0 Å². The second-order valence-electron chi connectivity index (χ2n) is 3.20. The predicted molar refractivity (Wildman–Crippen MR) is 63.0 cm³/mol. The Bertz CT molecular complexity index is 561. The van der Waals surface area contributed by atoms with Crippen LogP contribution in [0.15, 0.2) is 23.1 Å². The van der Waals surface area contributed by atoms with Crippen molar-refractivity contribution in [1.29, 1.82) is 0 Å². The third-order valence-electron chi connectivity index (χ3n) is 2.32. The van der Waals surface area contributed by atoms with E-state index in [4.69, 9.17) is 0 Å². The minimum Gasteiger partial charge on any atom is -0.308 e. The molecule has 4 heteroatoms. The van der Waals surface area contributed by atoms with Crippen molar-refractivity contribution < 1.29 is 4.39 Å². The highest BCUT2D eigenvalue weighted by Gasteiger charge is 2.07. The lowest BCUT2D eigenvalue weighted by atomic mass is 10.2. The van der Waals surface area contributed by atoms with Gasteiger partial charge >= 0.3 is 0 Å². The van der Waals surface area contributed by atoms with Gasteiger partial charge < -0.3 is 4.57 Å². The Morgan fingerprint density at radius 3 is 2.56 bits per heavy atom. The van der Waals surface area contributed by atoms with E-state index >= 15 is 0 Å². The van der Waals surface area contributed by atoms with Crippen molar-refractivity contribution >= 4 is 11.0 Å². The average molecular weight is 222 g/mol. The molecule has 0 radical (unpaired) electrons. The van der Waals surface area contributed by atoms with Crippen LogP contribution in [0.5, 0.6) is 0 Å². The van der Waals surface area contributed by atoms with E-state index in [0.717, 1.165) is 0 Å². The van der Waals surface area contributed by atoms with Crippen LogP contribution in [-0.2, 0) is 7.05 Å². The molecule has 0 N–H and O–H groups in total. The van der Waals surface area contributed by atoms with E-state index in [9.17, 15) is 9.18 Å². The molecule has 0 unspecified atom stereocenters. The molecular formula is C12H15FN2O. The maximum Gasteiger partial charge on any atom is 0.269 e. The minimum absolute atomic E-state index is 0.230. The fourth-order valence-corrected chi connectivity index (χ4v) is 1.51. The first-order valence-electron chi connectivity index (χ1n) is 5.22. The lowest BCUT2D eigenvalue weighted by molar-refractivity contribution is 0.619. The largest absolute Gasteiger partial charge is 0.308 e. The molecule has 1 aromatic heterocycles. The summed E-state index contributed by atoms with van der Waals surface area (Å²) in [5, 5.41) is 0. The molecule has 16 heavy (non-hydrogen) atoms. The fourth-order valence-electron chi connectivity index (χ4n) is 1.51. The first kappa shape index (κ1) is 12.4. The van der Waals surface area contributed by atoms with E-state index < -0.39 is 0 Å². The van der Waals surface area contributed by atoms with E-state index in [0.29, 0.717) is 16.6 Å². The number of benzene rings is 1. The van der Waals surface area contributed by atoms with Gasteiger partial charge in [-0.3, -0.25) is 4.79 Å². The van der Waals surface area contributed by atoms with Crippen molar-refractivity contribution in [3.05, 3.63) is 40.1 Å². The lowest BCUT2D eigenvalue weighted by Crippen LogP contribution is -2.17. The van der Waals surface area contributed by atoms with Gasteiger partial charge in [0.1, 0.15) is 5.82 Å². The SMILES string of the molecule is CC.Cc1c(F)ccc2ncc(=O)n(C)c12. The maximum atomic E-state index is 13.2. The average Bonchev–Trinajstić information content (AvgIpc) is 2.31. The van der Waals surface area contributed by atoms with E-state index in [1.165, 1.54) is 16.8 Å². The highest BCUT2D eigenvalue weighted by Crippen LogP contribution is 2.16. The lowest BCUT2D eigenvalue weighted by Gasteiger charge is -2.06. The molecule has 86 valence electrons. The number of rotatable bonds is 0. The quantitative estimate of drug-likeness (QED) is 0.686. The van der Waals surface area contributed by atoms with E-state index in [2.05, 4.69) is 4.98 Å². The Hall–Kier alpha value is -1.71. The molecule has 2 aromatic rings. The first-order chi connectivity index (χ1) is 7.61. The minimum atomic E-state index is -0.319. The van der Waals surface area contributed by atoms with Gasteiger partial charge in [-0.25, -0.2) is 9.37 Å². The molecule has 0 aliphatic rings. The van der Waals surface area contributed by atoms with Gasteiger partial charge in [-0.2, -0.15) is 0 Å². The highest BCUT2D eigenvalue weighted by atomic mass is 19.1. The van der Waals surface area contributed by atoms with Crippen LogP contribution in [-0.4, -0.2) is 9.55 Å². The van der Waals surface area contributed by atoms with Crippen LogP contribution in [0.2, 0.25) is 0 Å². The molecule has 0 atom stereocenters. The maximum absolute atomic E-state index is 13.2. The van der Waals surface area contributed by atoms with Gasteiger partial charge in [-0.05, 0) is 19.1 Å². The smallest absolute Gasteiger partial charge is 0.269 e. The number of nitrogens with zero attached hydrogens (tertiary/aromatic N) is 2. The summed E-state index contributed by atoms with van der Waals surface area (Å²) in [5.41, 5.74) is 1.41. The second kappa shape index (κ2) is 4.88. The van der Waals surface area contributed by atoms with Crippen molar-refractivity contribution in [2.24, 2.45) is 7.05 Å². The van der Waals surface area contributed by atoms with Crippen LogP contribution < -0.4 is 5.56 Å². The summed E-state index contributed by atoms with van der Waals surface area (Å²) >= 11 is 0. The first-order valence-corrected chi connectivity index (χ1v) is 5.22. The third kappa shape index (κ3) is 1.96. The van der Waals surface area contributed by atoms with E-state index in [1.807, 2.05) is 13.8 Å². The van der Waals surface area contributed by atoms with Crippen molar-refractivity contribution in [3.63, 3.8) is 0 Å². The van der Waals surface area contributed by atoms with Crippen LogP contribution in [0.4, 0.5) is 4.39 Å². The Morgan fingerprint density at radius 1 is 1.31 bits per heavy atom. The molecule has 1 aromatic carbocycles. The van der Waals surface area contributed by atoms with Crippen LogP contribution in [0.1, 0.15) is 19.4 Å².